The number of nitrogens with one attached hydrogen (secondary N) is 1. The Balaban J connectivity index is 1.38. The van der Waals surface area contributed by atoms with E-state index in [4.69, 9.17) is 23.7 Å². The van der Waals surface area contributed by atoms with Crippen molar-refractivity contribution in [1.29, 1.82) is 0 Å². The SMILES string of the molecule is COc1cc(NC(=O)C2CN(C(=O)c3ccc4c(c3)OCO4)C2)cc(OC)c1OC. The summed E-state index contributed by atoms with van der Waals surface area (Å²) in [5.74, 6) is 1.88. The summed E-state index contributed by atoms with van der Waals surface area (Å²) in [5.41, 5.74) is 1.03. The van der Waals surface area contributed by atoms with E-state index in [0.717, 1.165) is 0 Å². The molecule has 0 atom stereocenters. The molecule has 30 heavy (non-hydrogen) atoms. The summed E-state index contributed by atoms with van der Waals surface area (Å²) >= 11 is 0. The fourth-order valence-corrected chi connectivity index (χ4v) is 3.42. The van der Waals surface area contributed by atoms with Crippen molar-refractivity contribution in [3.8, 4) is 28.7 Å². The lowest BCUT2D eigenvalue weighted by Crippen LogP contribution is -2.54. The highest BCUT2D eigenvalue weighted by Gasteiger charge is 2.36. The number of ether oxygens (including phenoxy) is 5. The molecule has 0 unspecified atom stereocenters. The van der Waals surface area contributed by atoms with E-state index in [0.29, 0.717) is 53.1 Å². The molecule has 0 spiro atoms. The molecule has 2 aliphatic rings. The monoisotopic (exact) mass is 414 g/mol. The molecule has 0 bridgehead atoms. The van der Waals surface area contributed by atoms with Crippen molar-refractivity contribution in [2.24, 2.45) is 5.92 Å². The average Bonchev–Trinajstić information content (AvgIpc) is 3.19. The maximum atomic E-state index is 12.6. The van der Waals surface area contributed by atoms with Crippen molar-refractivity contribution in [2.45, 2.75) is 0 Å². The second-order valence-corrected chi connectivity index (χ2v) is 6.88. The second-order valence-electron chi connectivity index (χ2n) is 6.88. The van der Waals surface area contributed by atoms with Crippen LogP contribution in [-0.4, -0.2) is 57.9 Å². The minimum atomic E-state index is -0.304. The molecule has 0 aromatic heterocycles. The van der Waals surface area contributed by atoms with Crippen LogP contribution in [-0.2, 0) is 4.79 Å². The first-order chi connectivity index (χ1) is 14.5. The van der Waals surface area contributed by atoms with Crippen molar-refractivity contribution in [3.63, 3.8) is 0 Å². The van der Waals surface area contributed by atoms with Gasteiger partial charge in [0.1, 0.15) is 0 Å². The molecule has 0 saturated carbocycles. The molecule has 2 amide bonds. The quantitative estimate of drug-likeness (QED) is 0.774. The molecule has 1 N–H and O–H groups in total. The maximum absolute atomic E-state index is 12.6. The van der Waals surface area contributed by atoms with Gasteiger partial charge < -0.3 is 33.9 Å². The third-order valence-electron chi connectivity index (χ3n) is 5.09. The molecule has 0 aliphatic carbocycles. The van der Waals surface area contributed by atoms with Crippen molar-refractivity contribution < 1.29 is 33.3 Å². The van der Waals surface area contributed by atoms with Gasteiger partial charge in [-0.1, -0.05) is 0 Å². The molecule has 9 nitrogen and oxygen atoms in total. The van der Waals surface area contributed by atoms with Gasteiger partial charge >= 0.3 is 0 Å². The number of anilines is 1. The van der Waals surface area contributed by atoms with Gasteiger partial charge in [0.15, 0.2) is 23.0 Å². The van der Waals surface area contributed by atoms with Gasteiger partial charge in [-0.15, -0.1) is 0 Å². The molecular formula is C21H22N2O7. The third-order valence-corrected chi connectivity index (χ3v) is 5.09. The largest absolute Gasteiger partial charge is 0.493 e. The van der Waals surface area contributed by atoms with E-state index in [9.17, 15) is 9.59 Å². The Morgan fingerprint density at radius 1 is 0.967 bits per heavy atom. The number of benzene rings is 2. The first-order valence-electron chi connectivity index (χ1n) is 9.33. The summed E-state index contributed by atoms with van der Waals surface area (Å²) in [6.07, 6.45) is 0. The summed E-state index contributed by atoms with van der Waals surface area (Å²) in [6.45, 7) is 0.826. The molecule has 2 aromatic rings. The number of amides is 2. The van der Waals surface area contributed by atoms with Crippen LogP contribution in [0, 0.1) is 5.92 Å². The first kappa shape index (κ1) is 19.7. The van der Waals surface area contributed by atoms with Crippen molar-refractivity contribution in [2.75, 3.05) is 46.5 Å². The minimum absolute atomic E-state index is 0.148. The summed E-state index contributed by atoms with van der Waals surface area (Å²) in [4.78, 5) is 26.9. The highest BCUT2D eigenvalue weighted by molar-refractivity contribution is 5.99. The number of carbonyl (C=O) groups is 2. The van der Waals surface area contributed by atoms with E-state index in [2.05, 4.69) is 5.32 Å². The zero-order valence-electron chi connectivity index (χ0n) is 16.9. The Hall–Kier alpha value is -3.62. The van der Waals surface area contributed by atoms with E-state index in [1.807, 2.05) is 0 Å². The lowest BCUT2D eigenvalue weighted by molar-refractivity contribution is -0.123. The van der Waals surface area contributed by atoms with Crippen LogP contribution < -0.4 is 29.0 Å². The Bertz CT molecular complexity index is 960. The number of carbonyl (C=O) groups excluding carboxylic acids is 2. The Morgan fingerprint density at radius 3 is 2.27 bits per heavy atom. The molecule has 2 aliphatic heterocycles. The van der Waals surface area contributed by atoms with E-state index in [1.54, 1.807) is 35.2 Å². The predicted octanol–water partition coefficient (Wildman–Crippen LogP) is 2.15. The third kappa shape index (κ3) is 3.54. The predicted molar refractivity (Wildman–Crippen MR) is 107 cm³/mol. The van der Waals surface area contributed by atoms with Gasteiger partial charge in [0, 0.05) is 36.5 Å². The zero-order chi connectivity index (χ0) is 21.3. The van der Waals surface area contributed by atoms with Crippen LogP contribution in [0.15, 0.2) is 30.3 Å². The summed E-state index contributed by atoms with van der Waals surface area (Å²) < 4.78 is 26.5. The molecule has 1 saturated heterocycles. The minimum Gasteiger partial charge on any atom is -0.493 e. The standard InChI is InChI=1S/C21H22N2O7/c1-26-17-7-14(8-18(27-2)19(17)28-3)22-20(24)13-9-23(10-13)21(25)12-4-5-15-16(6-12)30-11-29-15/h4-8,13H,9-11H2,1-3H3,(H,22,24). The summed E-state index contributed by atoms with van der Waals surface area (Å²) in [6, 6.07) is 8.39. The number of rotatable bonds is 6. The molecule has 2 aromatic carbocycles. The van der Waals surface area contributed by atoms with E-state index >= 15 is 0 Å². The summed E-state index contributed by atoms with van der Waals surface area (Å²) in [5, 5.41) is 2.85. The number of methoxy groups -OCH3 is 3. The topological polar surface area (TPSA) is 95.6 Å². The van der Waals surface area contributed by atoms with Gasteiger partial charge in [-0.25, -0.2) is 0 Å². The van der Waals surface area contributed by atoms with E-state index < -0.39 is 0 Å². The van der Waals surface area contributed by atoms with Crippen LogP contribution in [0.1, 0.15) is 10.4 Å². The van der Waals surface area contributed by atoms with Gasteiger partial charge in [0.05, 0.1) is 27.2 Å². The fourth-order valence-electron chi connectivity index (χ4n) is 3.42. The summed E-state index contributed by atoms with van der Waals surface area (Å²) in [7, 11) is 4.53. The lowest BCUT2D eigenvalue weighted by atomic mass is 9.97. The molecule has 1 fully saturated rings. The van der Waals surface area contributed by atoms with E-state index in [-0.39, 0.29) is 24.5 Å². The van der Waals surface area contributed by atoms with Crippen LogP contribution in [0.5, 0.6) is 28.7 Å². The maximum Gasteiger partial charge on any atom is 0.254 e. The average molecular weight is 414 g/mol. The Labute approximate surface area is 173 Å². The van der Waals surface area contributed by atoms with Crippen LogP contribution in [0.25, 0.3) is 0 Å². The molecule has 0 radical (unpaired) electrons. The molecule has 2 heterocycles. The number of hydrogen-bond donors (Lipinski definition) is 1. The fraction of sp³-hybridized carbons (Fsp3) is 0.333. The molecule has 4 rings (SSSR count). The van der Waals surface area contributed by atoms with Crippen LogP contribution in [0.4, 0.5) is 5.69 Å². The van der Waals surface area contributed by atoms with Gasteiger partial charge in [-0.3, -0.25) is 9.59 Å². The van der Waals surface area contributed by atoms with Gasteiger partial charge in [0.2, 0.25) is 18.4 Å². The number of hydrogen-bond acceptors (Lipinski definition) is 7. The number of nitrogens with zero attached hydrogens (tertiary/aromatic N) is 1. The van der Waals surface area contributed by atoms with Crippen LogP contribution in [0.2, 0.25) is 0 Å². The second kappa shape index (κ2) is 8.02. The van der Waals surface area contributed by atoms with Gasteiger partial charge in [-0.05, 0) is 18.2 Å². The molecule has 158 valence electrons. The Morgan fingerprint density at radius 2 is 1.63 bits per heavy atom. The van der Waals surface area contributed by atoms with Crippen molar-refractivity contribution >= 4 is 17.5 Å². The van der Waals surface area contributed by atoms with Crippen molar-refractivity contribution in [1.82, 2.24) is 4.90 Å². The number of likely N-dealkylation sites (tertiary alicyclic amines) is 1. The normalized spacial score (nSPS) is 14.7. The van der Waals surface area contributed by atoms with Crippen molar-refractivity contribution in [3.05, 3.63) is 35.9 Å². The van der Waals surface area contributed by atoms with Crippen LogP contribution >= 0.6 is 0 Å². The lowest BCUT2D eigenvalue weighted by Gasteiger charge is -2.38. The molecule has 9 heteroatoms. The van der Waals surface area contributed by atoms with E-state index in [1.165, 1.54) is 21.3 Å². The first-order valence-corrected chi connectivity index (χ1v) is 9.33. The van der Waals surface area contributed by atoms with Gasteiger partial charge in [-0.2, -0.15) is 0 Å². The molecular weight excluding hydrogens is 392 g/mol. The highest BCUT2D eigenvalue weighted by atomic mass is 16.7. The van der Waals surface area contributed by atoms with Gasteiger partial charge in [0.25, 0.3) is 5.91 Å². The number of fused-ring (bicyclic) bond motifs is 1. The Kier molecular flexibility index (Phi) is 5.26. The smallest absolute Gasteiger partial charge is 0.254 e. The van der Waals surface area contributed by atoms with Crippen LogP contribution in [0.3, 0.4) is 0 Å². The zero-order valence-corrected chi connectivity index (χ0v) is 16.9. The highest BCUT2D eigenvalue weighted by Crippen LogP contribution is 2.40.